The van der Waals surface area contributed by atoms with Crippen LogP contribution in [0, 0.1) is 11.3 Å². The van der Waals surface area contributed by atoms with Crippen LogP contribution in [0.4, 0.5) is 0 Å². The number of carboxylic acids is 1. The van der Waals surface area contributed by atoms with E-state index >= 15 is 0 Å². The van der Waals surface area contributed by atoms with Gasteiger partial charge in [0.25, 0.3) is 0 Å². The van der Waals surface area contributed by atoms with E-state index in [2.05, 4.69) is 5.32 Å². The van der Waals surface area contributed by atoms with E-state index in [1.165, 1.54) is 0 Å². The number of carboxylic acid groups (broad SMARTS) is 1. The Hall–Kier alpha value is -1.10. The fraction of sp³-hybridized carbons (Fsp3) is 0.857. The van der Waals surface area contributed by atoms with E-state index in [1.807, 2.05) is 20.8 Å². The molecule has 1 saturated heterocycles. The molecule has 5 nitrogen and oxygen atoms in total. The second kappa shape index (κ2) is 6.89. The van der Waals surface area contributed by atoms with Crippen molar-refractivity contribution in [2.45, 2.75) is 52.6 Å². The molecule has 0 saturated carbocycles. The number of nitrogens with one attached hydrogen (secondary N) is 1. The number of hydrogen-bond donors (Lipinski definition) is 2. The van der Waals surface area contributed by atoms with Crippen molar-refractivity contribution in [3.05, 3.63) is 0 Å². The Bertz CT molecular complexity index is 327. The number of aliphatic carboxylic acids is 1. The normalized spacial score (nSPS) is 23.3. The highest BCUT2D eigenvalue weighted by Crippen LogP contribution is 2.26. The Kier molecular flexibility index (Phi) is 5.79. The number of carbonyl (C=O) groups excluding carboxylic acids is 1. The molecule has 1 aliphatic rings. The lowest BCUT2D eigenvalue weighted by molar-refractivity contribution is -0.137. The molecule has 1 amide bonds. The smallest absolute Gasteiger partial charge is 0.303 e. The van der Waals surface area contributed by atoms with Crippen LogP contribution < -0.4 is 5.32 Å². The molecule has 1 fully saturated rings. The SMILES string of the molecule is CC1CC(C(=O)NCCC(C)(C)CCC(=O)O)CO1. The van der Waals surface area contributed by atoms with Crippen molar-refractivity contribution in [2.24, 2.45) is 11.3 Å². The van der Waals surface area contributed by atoms with Gasteiger partial charge >= 0.3 is 5.97 Å². The molecule has 0 spiro atoms. The molecule has 0 aliphatic carbocycles. The van der Waals surface area contributed by atoms with Crippen LogP contribution in [-0.4, -0.2) is 36.2 Å². The van der Waals surface area contributed by atoms with Gasteiger partial charge in [0, 0.05) is 13.0 Å². The lowest BCUT2D eigenvalue weighted by Crippen LogP contribution is -2.33. The maximum atomic E-state index is 11.9. The summed E-state index contributed by atoms with van der Waals surface area (Å²) in [6, 6.07) is 0. The predicted molar refractivity (Wildman–Crippen MR) is 71.8 cm³/mol. The third kappa shape index (κ3) is 6.05. The fourth-order valence-electron chi connectivity index (χ4n) is 2.24. The molecule has 0 aromatic rings. The zero-order valence-electron chi connectivity index (χ0n) is 12.1. The van der Waals surface area contributed by atoms with Crippen molar-refractivity contribution in [2.75, 3.05) is 13.2 Å². The van der Waals surface area contributed by atoms with Gasteiger partial charge in [-0.2, -0.15) is 0 Å². The summed E-state index contributed by atoms with van der Waals surface area (Å²) < 4.78 is 5.37. The first-order valence-electron chi connectivity index (χ1n) is 6.91. The summed E-state index contributed by atoms with van der Waals surface area (Å²) in [4.78, 5) is 22.4. The van der Waals surface area contributed by atoms with Gasteiger partial charge < -0.3 is 15.2 Å². The van der Waals surface area contributed by atoms with Crippen molar-refractivity contribution in [3.63, 3.8) is 0 Å². The largest absolute Gasteiger partial charge is 0.481 e. The zero-order chi connectivity index (χ0) is 14.5. The summed E-state index contributed by atoms with van der Waals surface area (Å²) in [7, 11) is 0. The van der Waals surface area contributed by atoms with Gasteiger partial charge in [0.15, 0.2) is 0 Å². The molecule has 5 heteroatoms. The molecule has 0 aromatic heterocycles. The summed E-state index contributed by atoms with van der Waals surface area (Å²) >= 11 is 0. The van der Waals surface area contributed by atoms with E-state index in [0.29, 0.717) is 19.6 Å². The highest BCUT2D eigenvalue weighted by atomic mass is 16.5. The molecule has 0 aromatic carbocycles. The summed E-state index contributed by atoms with van der Waals surface area (Å²) in [5.74, 6) is -0.746. The molecular formula is C14H25NO4. The summed E-state index contributed by atoms with van der Waals surface area (Å²) in [5, 5.41) is 11.6. The monoisotopic (exact) mass is 271 g/mol. The van der Waals surface area contributed by atoms with Gasteiger partial charge in [-0.25, -0.2) is 0 Å². The Morgan fingerprint density at radius 3 is 2.58 bits per heavy atom. The van der Waals surface area contributed by atoms with Gasteiger partial charge in [-0.15, -0.1) is 0 Å². The summed E-state index contributed by atoms with van der Waals surface area (Å²) in [6.45, 7) is 7.14. The van der Waals surface area contributed by atoms with Crippen LogP contribution >= 0.6 is 0 Å². The first kappa shape index (κ1) is 16.0. The van der Waals surface area contributed by atoms with E-state index in [-0.39, 0.29) is 29.8 Å². The summed E-state index contributed by atoms with van der Waals surface area (Å²) in [5.41, 5.74) is -0.0643. The first-order valence-corrected chi connectivity index (χ1v) is 6.91. The lowest BCUT2D eigenvalue weighted by Gasteiger charge is -2.24. The molecule has 0 radical (unpaired) electrons. The highest BCUT2D eigenvalue weighted by molar-refractivity contribution is 5.79. The minimum Gasteiger partial charge on any atom is -0.481 e. The van der Waals surface area contributed by atoms with E-state index in [1.54, 1.807) is 0 Å². The van der Waals surface area contributed by atoms with Crippen molar-refractivity contribution in [1.29, 1.82) is 0 Å². The van der Waals surface area contributed by atoms with Crippen LogP contribution in [0.15, 0.2) is 0 Å². The van der Waals surface area contributed by atoms with E-state index < -0.39 is 5.97 Å². The minimum atomic E-state index is -0.769. The fourth-order valence-corrected chi connectivity index (χ4v) is 2.24. The molecule has 19 heavy (non-hydrogen) atoms. The maximum Gasteiger partial charge on any atom is 0.303 e. The van der Waals surface area contributed by atoms with Gasteiger partial charge in [-0.05, 0) is 31.6 Å². The number of hydrogen-bond acceptors (Lipinski definition) is 3. The Morgan fingerprint density at radius 1 is 1.37 bits per heavy atom. The third-order valence-corrected chi connectivity index (χ3v) is 3.69. The molecule has 2 N–H and O–H groups in total. The number of amides is 1. The van der Waals surface area contributed by atoms with Crippen molar-refractivity contribution in [3.8, 4) is 0 Å². The third-order valence-electron chi connectivity index (χ3n) is 3.69. The van der Waals surface area contributed by atoms with E-state index in [4.69, 9.17) is 9.84 Å². The molecular weight excluding hydrogens is 246 g/mol. The minimum absolute atomic E-state index is 0.0304. The standard InChI is InChI=1S/C14H25NO4/c1-10-8-11(9-19-10)13(18)15-7-6-14(2,3)5-4-12(16)17/h10-11H,4-9H2,1-3H3,(H,15,18)(H,16,17). The van der Waals surface area contributed by atoms with Crippen LogP contribution in [0.2, 0.25) is 0 Å². The topological polar surface area (TPSA) is 75.6 Å². The molecule has 2 unspecified atom stereocenters. The van der Waals surface area contributed by atoms with Gasteiger partial charge in [0.05, 0.1) is 18.6 Å². The molecule has 2 atom stereocenters. The number of ether oxygens (including phenoxy) is 1. The van der Waals surface area contributed by atoms with Gasteiger partial charge in [-0.3, -0.25) is 9.59 Å². The second-order valence-electron chi connectivity index (χ2n) is 6.18. The van der Waals surface area contributed by atoms with E-state index in [0.717, 1.165) is 12.8 Å². The van der Waals surface area contributed by atoms with Gasteiger partial charge in [0.2, 0.25) is 5.91 Å². The van der Waals surface area contributed by atoms with Crippen LogP contribution in [0.1, 0.15) is 46.5 Å². The highest BCUT2D eigenvalue weighted by Gasteiger charge is 2.28. The van der Waals surface area contributed by atoms with Gasteiger partial charge in [0.1, 0.15) is 0 Å². The van der Waals surface area contributed by atoms with Gasteiger partial charge in [-0.1, -0.05) is 13.8 Å². The van der Waals surface area contributed by atoms with E-state index in [9.17, 15) is 9.59 Å². The average molecular weight is 271 g/mol. The average Bonchev–Trinajstić information content (AvgIpc) is 2.73. The molecule has 0 bridgehead atoms. The molecule has 1 aliphatic heterocycles. The van der Waals surface area contributed by atoms with Crippen LogP contribution in [0.25, 0.3) is 0 Å². The Morgan fingerprint density at radius 2 is 2.05 bits per heavy atom. The molecule has 1 heterocycles. The van der Waals surface area contributed by atoms with Crippen molar-refractivity contribution < 1.29 is 19.4 Å². The molecule has 1 rings (SSSR count). The number of rotatable bonds is 7. The number of carbonyl (C=O) groups is 2. The molecule has 110 valence electrons. The Balaban J connectivity index is 2.21. The second-order valence-corrected chi connectivity index (χ2v) is 6.18. The van der Waals surface area contributed by atoms with Crippen LogP contribution in [0.5, 0.6) is 0 Å². The quantitative estimate of drug-likeness (QED) is 0.740. The van der Waals surface area contributed by atoms with Crippen molar-refractivity contribution in [1.82, 2.24) is 5.32 Å². The van der Waals surface area contributed by atoms with Crippen LogP contribution in [0.3, 0.4) is 0 Å². The maximum absolute atomic E-state index is 11.9. The predicted octanol–water partition coefficient (Wildman–Crippen LogP) is 1.81. The summed E-state index contributed by atoms with van der Waals surface area (Å²) in [6.07, 6.45) is 2.54. The first-order chi connectivity index (χ1) is 8.80. The lowest BCUT2D eigenvalue weighted by atomic mass is 9.84. The van der Waals surface area contributed by atoms with Crippen molar-refractivity contribution >= 4 is 11.9 Å². The van der Waals surface area contributed by atoms with Crippen LogP contribution in [-0.2, 0) is 14.3 Å². The Labute approximate surface area is 114 Å². The zero-order valence-corrected chi connectivity index (χ0v) is 12.1.